The van der Waals surface area contributed by atoms with E-state index in [2.05, 4.69) is 20.9 Å². The van der Waals surface area contributed by atoms with E-state index in [1.807, 2.05) is 6.07 Å². The van der Waals surface area contributed by atoms with Crippen LogP contribution in [0.15, 0.2) is 88.8 Å². The molecule has 3 N–H and O–H groups in total. The first-order valence-electron chi connectivity index (χ1n) is 14.0. The Morgan fingerprint density at radius 2 is 1.74 bits per heavy atom. The lowest BCUT2D eigenvalue weighted by Gasteiger charge is -2.13. The smallest absolute Gasteiger partial charge is 0.311 e. The molecule has 0 radical (unpaired) electrons. The van der Waals surface area contributed by atoms with Gasteiger partial charge >= 0.3 is 5.97 Å². The highest BCUT2D eigenvalue weighted by molar-refractivity contribution is 8.00. The van der Waals surface area contributed by atoms with Crippen LogP contribution < -0.4 is 25.4 Å². The third kappa shape index (κ3) is 9.94. The van der Waals surface area contributed by atoms with E-state index in [9.17, 15) is 19.2 Å². The van der Waals surface area contributed by atoms with Crippen LogP contribution in [0.3, 0.4) is 0 Å². The Hall–Kier alpha value is -5.14. The molecule has 0 aliphatic carbocycles. The van der Waals surface area contributed by atoms with Crippen LogP contribution in [0.1, 0.15) is 28.5 Å². The molecule has 46 heavy (non-hydrogen) atoms. The van der Waals surface area contributed by atoms with Gasteiger partial charge in [0.15, 0.2) is 5.13 Å². The average molecular weight is 661 g/mol. The van der Waals surface area contributed by atoms with Gasteiger partial charge in [-0.15, -0.1) is 23.1 Å². The molecule has 4 aromatic rings. The number of carbonyl (C=O) groups excluding carboxylic acids is 4. The normalized spacial score (nSPS) is 10.9. The third-order valence-corrected chi connectivity index (χ3v) is 7.96. The van der Waals surface area contributed by atoms with Crippen LogP contribution in [0.5, 0.6) is 11.5 Å². The summed E-state index contributed by atoms with van der Waals surface area (Å²) in [5.74, 6) is -0.597. The molecular weight excluding hydrogens is 629 g/mol. The van der Waals surface area contributed by atoms with Crippen molar-refractivity contribution in [3.63, 3.8) is 0 Å². The number of anilines is 2. The van der Waals surface area contributed by atoms with Crippen LogP contribution in [-0.2, 0) is 25.5 Å². The number of esters is 1. The fraction of sp³-hybridized carbons (Fsp3) is 0.182. The monoisotopic (exact) mass is 660 g/mol. The first kappa shape index (κ1) is 33.7. The predicted octanol–water partition coefficient (Wildman–Crippen LogP) is 5.41. The molecule has 1 heterocycles. The van der Waals surface area contributed by atoms with Crippen LogP contribution in [0.25, 0.3) is 6.08 Å². The van der Waals surface area contributed by atoms with E-state index in [1.165, 1.54) is 43.4 Å². The van der Waals surface area contributed by atoms with Gasteiger partial charge in [-0.25, -0.2) is 4.98 Å². The molecule has 0 saturated carbocycles. The van der Waals surface area contributed by atoms with E-state index >= 15 is 0 Å². The minimum absolute atomic E-state index is 0.0244. The zero-order valence-corrected chi connectivity index (χ0v) is 27.0. The maximum absolute atomic E-state index is 13.6. The second kappa shape index (κ2) is 16.8. The maximum Gasteiger partial charge on any atom is 0.311 e. The molecule has 3 amide bonds. The molecule has 0 fully saturated rings. The van der Waals surface area contributed by atoms with Gasteiger partial charge in [0.2, 0.25) is 5.91 Å². The van der Waals surface area contributed by atoms with Crippen molar-refractivity contribution in [3.8, 4) is 11.5 Å². The minimum Gasteiger partial charge on any atom is -0.497 e. The van der Waals surface area contributed by atoms with Crippen LogP contribution in [0, 0.1) is 0 Å². The van der Waals surface area contributed by atoms with E-state index in [0.29, 0.717) is 39.1 Å². The molecule has 0 atom stereocenters. The third-order valence-electron chi connectivity index (χ3n) is 6.16. The Kier molecular flexibility index (Phi) is 12.3. The van der Waals surface area contributed by atoms with Crippen molar-refractivity contribution in [2.75, 3.05) is 37.2 Å². The molecule has 0 aliphatic rings. The van der Waals surface area contributed by atoms with E-state index in [1.54, 1.807) is 79.0 Å². The minimum atomic E-state index is -0.573. The largest absolute Gasteiger partial charge is 0.497 e. The summed E-state index contributed by atoms with van der Waals surface area (Å²) in [4.78, 5) is 55.8. The molecule has 0 saturated heterocycles. The molecule has 4 rings (SSSR count). The van der Waals surface area contributed by atoms with E-state index in [-0.39, 0.29) is 36.4 Å². The number of aromatic nitrogens is 1. The number of hydrogen-bond acceptors (Lipinski definition) is 10. The molecule has 0 bridgehead atoms. The predicted molar refractivity (Wildman–Crippen MR) is 178 cm³/mol. The zero-order valence-electron chi connectivity index (χ0n) is 25.3. The summed E-state index contributed by atoms with van der Waals surface area (Å²) in [6.45, 7) is 2.02. The molecular formula is C33H32N4O7S2. The highest BCUT2D eigenvalue weighted by Crippen LogP contribution is 2.27. The lowest BCUT2D eigenvalue weighted by atomic mass is 10.1. The first-order valence-corrected chi connectivity index (χ1v) is 15.9. The van der Waals surface area contributed by atoms with Crippen LogP contribution in [0.2, 0.25) is 0 Å². The summed E-state index contributed by atoms with van der Waals surface area (Å²) >= 11 is 2.49. The number of benzene rings is 3. The van der Waals surface area contributed by atoms with Gasteiger partial charge in [0.1, 0.15) is 17.2 Å². The summed E-state index contributed by atoms with van der Waals surface area (Å²) in [5.41, 5.74) is 1.85. The van der Waals surface area contributed by atoms with Crippen molar-refractivity contribution in [2.45, 2.75) is 18.2 Å². The zero-order chi connectivity index (χ0) is 32.9. The molecule has 0 spiro atoms. The Morgan fingerprint density at radius 1 is 0.935 bits per heavy atom. The number of thioether (sulfide) groups is 1. The topological polar surface area (TPSA) is 145 Å². The lowest BCUT2D eigenvalue weighted by molar-refractivity contribution is -0.142. The number of thiazole rings is 1. The number of carbonyl (C=O) groups is 4. The van der Waals surface area contributed by atoms with Crippen LogP contribution in [0.4, 0.5) is 10.8 Å². The number of methoxy groups -OCH3 is 2. The van der Waals surface area contributed by atoms with Crippen molar-refractivity contribution in [1.82, 2.24) is 10.3 Å². The molecule has 3 aromatic carbocycles. The second-order valence-electron chi connectivity index (χ2n) is 9.43. The van der Waals surface area contributed by atoms with Gasteiger partial charge in [0.25, 0.3) is 11.8 Å². The standard InChI is InChI=1S/C33H32N4O7S2/c1-4-44-30(39)18-24-19-46-33(35-24)37-29(38)20-45-26-12-8-11-23(17-26)34-32(41)27(36-31(40)21-9-6-5-7-10-21)16-22-15-25(42-2)13-14-28(22)43-3/h5-17,19H,4,18,20H2,1-3H3,(H,34,41)(H,36,40)(H,35,37,38)/b27-16+. The summed E-state index contributed by atoms with van der Waals surface area (Å²) in [7, 11) is 3.03. The molecule has 11 nitrogen and oxygen atoms in total. The SMILES string of the molecule is CCOC(=O)Cc1csc(NC(=O)CSc2cccc(NC(=O)/C(=C\c3cc(OC)ccc3OC)NC(=O)c3ccccc3)c2)n1. The molecule has 13 heteroatoms. The summed E-state index contributed by atoms with van der Waals surface area (Å²) < 4.78 is 15.7. The van der Waals surface area contributed by atoms with Gasteiger partial charge < -0.3 is 30.2 Å². The lowest BCUT2D eigenvalue weighted by Crippen LogP contribution is -2.30. The summed E-state index contributed by atoms with van der Waals surface area (Å²) in [5, 5.41) is 10.3. The molecule has 1 aromatic heterocycles. The summed E-state index contributed by atoms with van der Waals surface area (Å²) in [6.07, 6.45) is 1.55. The van der Waals surface area contributed by atoms with Crippen LogP contribution in [-0.4, -0.2) is 55.3 Å². The number of amides is 3. The van der Waals surface area contributed by atoms with Gasteiger partial charge in [-0.05, 0) is 61.5 Å². The molecule has 0 unspecified atom stereocenters. The Morgan fingerprint density at radius 3 is 2.48 bits per heavy atom. The van der Waals surface area contributed by atoms with Crippen LogP contribution >= 0.6 is 23.1 Å². The van der Waals surface area contributed by atoms with Crippen molar-refractivity contribution in [3.05, 3.63) is 101 Å². The highest BCUT2D eigenvalue weighted by Gasteiger charge is 2.17. The maximum atomic E-state index is 13.6. The van der Waals surface area contributed by atoms with Crippen molar-refractivity contribution >= 4 is 63.7 Å². The number of rotatable bonds is 14. The van der Waals surface area contributed by atoms with Crippen molar-refractivity contribution in [1.29, 1.82) is 0 Å². The van der Waals surface area contributed by atoms with Gasteiger partial charge in [0.05, 0.1) is 38.7 Å². The quantitative estimate of drug-likeness (QED) is 0.0919. The van der Waals surface area contributed by atoms with Gasteiger partial charge in [0, 0.05) is 27.1 Å². The molecule has 238 valence electrons. The first-order chi connectivity index (χ1) is 22.3. The fourth-order valence-corrected chi connectivity index (χ4v) is 5.50. The van der Waals surface area contributed by atoms with Gasteiger partial charge in [-0.3, -0.25) is 19.2 Å². The van der Waals surface area contributed by atoms with E-state index in [0.717, 1.165) is 4.90 Å². The average Bonchev–Trinajstić information content (AvgIpc) is 3.50. The van der Waals surface area contributed by atoms with Gasteiger partial charge in [-0.2, -0.15) is 0 Å². The van der Waals surface area contributed by atoms with E-state index in [4.69, 9.17) is 14.2 Å². The fourth-order valence-electron chi connectivity index (χ4n) is 4.02. The Labute approximate surface area is 274 Å². The highest BCUT2D eigenvalue weighted by atomic mass is 32.2. The second-order valence-corrected chi connectivity index (χ2v) is 11.3. The number of nitrogens with one attached hydrogen (secondary N) is 3. The van der Waals surface area contributed by atoms with Gasteiger partial charge in [-0.1, -0.05) is 24.3 Å². The van der Waals surface area contributed by atoms with Crippen molar-refractivity contribution < 1.29 is 33.4 Å². The summed E-state index contributed by atoms with van der Waals surface area (Å²) in [6, 6.07) is 20.6. The van der Waals surface area contributed by atoms with E-state index < -0.39 is 11.8 Å². The Balaban J connectivity index is 1.45. The Bertz CT molecular complexity index is 1720. The van der Waals surface area contributed by atoms with Crippen molar-refractivity contribution in [2.24, 2.45) is 0 Å². The molecule has 0 aliphatic heterocycles. The number of ether oxygens (including phenoxy) is 3. The number of hydrogen-bond donors (Lipinski definition) is 3. The number of nitrogens with zero attached hydrogens (tertiary/aromatic N) is 1.